The standard InChI is InChI=1S/C52H31NOS/c1-3-10-32(11-4-1)34-18-19-35-26-44-45-27-36-20-21-40(25-39(36)30-47(45)46(44)29-38(35)24-34)53(48-16-9-15-42-41-14-7-8-17-50(41)54-52(42)48)49-31-51-37(22-23-55-51)28-43(49)33-12-5-2-6-13-33/h1-31H. The molecule has 0 amide bonds. The highest BCUT2D eigenvalue weighted by Gasteiger charge is 2.26. The van der Waals surface area contributed by atoms with Gasteiger partial charge in [-0.3, -0.25) is 0 Å². The van der Waals surface area contributed by atoms with E-state index in [1.54, 1.807) is 11.3 Å². The molecule has 55 heavy (non-hydrogen) atoms. The van der Waals surface area contributed by atoms with Gasteiger partial charge in [-0.1, -0.05) is 109 Å². The van der Waals surface area contributed by atoms with E-state index in [0.717, 1.165) is 39.0 Å². The molecule has 0 unspecified atom stereocenters. The van der Waals surface area contributed by atoms with E-state index in [2.05, 4.69) is 186 Å². The minimum absolute atomic E-state index is 0.877. The van der Waals surface area contributed by atoms with E-state index in [-0.39, 0.29) is 0 Å². The van der Waals surface area contributed by atoms with Gasteiger partial charge in [0, 0.05) is 26.7 Å². The van der Waals surface area contributed by atoms with Crippen molar-refractivity contribution in [3.05, 3.63) is 187 Å². The second-order valence-electron chi connectivity index (χ2n) is 14.5. The molecule has 11 aromatic rings. The van der Waals surface area contributed by atoms with E-state index >= 15 is 0 Å². The van der Waals surface area contributed by atoms with Gasteiger partial charge < -0.3 is 9.32 Å². The van der Waals surface area contributed by atoms with Crippen LogP contribution in [0.5, 0.6) is 0 Å². The van der Waals surface area contributed by atoms with Crippen LogP contribution in [0.15, 0.2) is 192 Å². The van der Waals surface area contributed by atoms with Crippen LogP contribution in [0.4, 0.5) is 17.1 Å². The second kappa shape index (κ2) is 11.8. The van der Waals surface area contributed by atoms with Gasteiger partial charge in [0.05, 0.1) is 11.4 Å². The summed E-state index contributed by atoms with van der Waals surface area (Å²) in [4.78, 5) is 2.41. The molecule has 0 aliphatic heterocycles. The summed E-state index contributed by atoms with van der Waals surface area (Å²) in [5, 5.41) is 10.6. The SMILES string of the molecule is c1ccc(-c2ccc3cc4c(cc3c2)-c2cc3cc(N(c5cc6sccc6cc5-c5ccccc5)c5cccc6c5oc5ccccc56)ccc3cc2-4)cc1. The van der Waals surface area contributed by atoms with Crippen LogP contribution in [0.2, 0.25) is 0 Å². The fourth-order valence-electron chi connectivity index (χ4n) is 8.71. The molecule has 2 aromatic heterocycles. The van der Waals surface area contributed by atoms with E-state index < -0.39 is 0 Å². The number of nitrogens with zero attached hydrogens (tertiary/aromatic N) is 1. The molecule has 0 fully saturated rings. The third kappa shape index (κ3) is 4.73. The molecule has 0 N–H and O–H groups in total. The van der Waals surface area contributed by atoms with Gasteiger partial charge in [-0.05, 0) is 144 Å². The number of hydrogen-bond acceptors (Lipinski definition) is 3. The Hall–Kier alpha value is -6.94. The molecular formula is C52H31NOS. The second-order valence-corrected chi connectivity index (χ2v) is 15.5. The number of anilines is 3. The first-order chi connectivity index (χ1) is 27.2. The van der Waals surface area contributed by atoms with E-state index in [0.29, 0.717) is 0 Å². The largest absolute Gasteiger partial charge is 0.454 e. The molecule has 0 saturated carbocycles. The Balaban J connectivity index is 1.06. The molecule has 0 radical (unpaired) electrons. The predicted molar refractivity (Wildman–Crippen MR) is 234 cm³/mol. The molecule has 2 heterocycles. The molecule has 0 spiro atoms. The van der Waals surface area contributed by atoms with Crippen molar-refractivity contribution in [3.8, 4) is 44.5 Å². The highest BCUT2D eigenvalue weighted by molar-refractivity contribution is 7.17. The minimum Gasteiger partial charge on any atom is -0.454 e. The summed E-state index contributed by atoms with van der Waals surface area (Å²) < 4.78 is 7.98. The number of fused-ring (bicyclic) bond motifs is 10. The molecule has 0 saturated heterocycles. The molecule has 0 bridgehead atoms. The van der Waals surface area contributed by atoms with Crippen LogP contribution < -0.4 is 4.90 Å². The summed E-state index contributed by atoms with van der Waals surface area (Å²) in [6.45, 7) is 0. The molecule has 1 aliphatic rings. The van der Waals surface area contributed by atoms with Crippen LogP contribution in [0.3, 0.4) is 0 Å². The fourth-order valence-corrected chi connectivity index (χ4v) is 9.51. The summed E-state index contributed by atoms with van der Waals surface area (Å²) in [6, 6.07) is 66.5. The zero-order chi connectivity index (χ0) is 36.0. The highest BCUT2D eigenvalue weighted by atomic mass is 32.1. The van der Waals surface area contributed by atoms with Crippen molar-refractivity contribution in [2.45, 2.75) is 0 Å². The maximum atomic E-state index is 6.73. The molecule has 1 aliphatic carbocycles. The van der Waals surface area contributed by atoms with Crippen molar-refractivity contribution in [2.75, 3.05) is 4.90 Å². The normalized spacial score (nSPS) is 12.0. The third-order valence-electron chi connectivity index (χ3n) is 11.4. The lowest BCUT2D eigenvalue weighted by Crippen LogP contribution is -2.11. The average Bonchev–Trinajstić information content (AvgIpc) is 3.87. The number of benzene rings is 9. The lowest BCUT2D eigenvalue weighted by atomic mass is 9.77. The van der Waals surface area contributed by atoms with Crippen molar-refractivity contribution < 1.29 is 4.42 Å². The van der Waals surface area contributed by atoms with Crippen LogP contribution in [0.1, 0.15) is 0 Å². The van der Waals surface area contributed by atoms with Gasteiger partial charge in [0.25, 0.3) is 0 Å². The lowest BCUT2D eigenvalue weighted by Gasteiger charge is -2.29. The maximum Gasteiger partial charge on any atom is 0.159 e. The van der Waals surface area contributed by atoms with Crippen LogP contribution in [0, 0.1) is 0 Å². The first-order valence-electron chi connectivity index (χ1n) is 18.7. The summed E-state index contributed by atoms with van der Waals surface area (Å²) in [5.41, 5.74) is 15.1. The third-order valence-corrected chi connectivity index (χ3v) is 12.3. The van der Waals surface area contributed by atoms with Crippen LogP contribution in [-0.2, 0) is 0 Å². The van der Waals surface area contributed by atoms with Gasteiger partial charge in [-0.25, -0.2) is 0 Å². The Morgan fingerprint density at radius 2 is 1.02 bits per heavy atom. The number of furan rings is 1. The van der Waals surface area contributed by atoms with Crippen molar-refractivity contribution >= 4 is 82.0 Å². The summed E-state index contributed by atoms with van der Waals surface area (Å²) in [6.07, 6.45) is 0. The smallest absolute Gasteiger partial charge is 0.159 e. The molecule has 256 valence electrons. The van der Waals surface area contributed by atoms with Crippen LogP contribution >= 0.6 is 11.3 Å². The minimum atomic E-state index is 0.877. The predicted octanol–water partition coefficient (Wildman–Crippen LogP) is 15.6. The van der Waals surface area contributed by atoms with Crippen molar-refractivity contribution in [2.24, 2.45) is 0 Å². The number of para-hydroxylation sites is 2. The van der Waals surface area contributed by atoms with Crippen molar-refractivity contribution in [3.63, 3.8) is 0 Å². The zero-order valence-electron chi connectivity index (χ0n) is 29.7. The van der Waals surface area contributed by atoms with Crippen molar-refractivity contribution in [1.29, 1.82) is 0 Å². The molecule has 9 aromatic carbocycles. The summed E-state index contributed by atoms with van der Waals surface area (Å²) in [7, 11) is 0. The van der Waals surface area contributed by atoms with E-state index in [4.69, 9.17) is 4.42 Å². The van der Waals surface area contributed by atoms with Crippen LogP contribution in [0.25, 0.3) is 98.1 Å². The van der Waals surface area contributed by atoms with Gasteiger partial charge in [-0.15, -0.1) is 11.3 Å². The van der Waals surface area contributed by atoms with Gasteiger partial charge in [0.1, 0.15) is 5.58 Å². The van der Waals surface area contributed by atoms with Crippen molar-refractivity contribution in [1.82, 2.24) is 0 Å². The quantitative estimate of drug-likeness (QED) is 0.176. The average molecular weight is 718 g/mol. The Bertz CT molecular complexity index is 3320. The molecule has 2 nitrogen and oxygen atoms in total. The van der Waals surface area contributed by atoms with Gasteiger partial charge in [0.15, 0.2) is 5.58 Å². The zero-order valence-corrected chi connectivity index (χ0v) is 30.5. The number of thiophene rings is 1. The molecular weight excluding hydrogens is 687 g/mol. The Labute approximate surface area is 321 Å². The Morgan fingerprint density at radius 1 is 0.382 bits per heavy atom. The lowest BCUT2D eigenvalue weighted by molar-refractivity contribution is 0.669. The number of rotatable bonds is 5. The monoisotopic (exact) mass is 717 g/mol. The van der Waals surface area contributed by atoms with E-state index in [1.807, 2.05) is 6.07 Å². The van der Waals surface area contributed by atoms with E-state index in [1.165, 1.54) is 76.1 Å². The summed E-state index contributed by atoms with van der Waals surface area (Å²) in [5.74, 6) is 0. The molecule has 3 heteroatoms. The van der Waals surface area contributed by atoms with Gasteiger partial charge in [0.2, 0.25) is 0 Å². The van der Waals surface area contributed by atoms with E-state index in [9.17, 15) is 0 Å². The fraction of sp³-hybridized carbons (Fsp3) is 0. The highest BCUT2D eigenvalue weighted by Crippen LogP contribution is 2.52. The Morgan fingerprint density at radius 3 is 1.80 bits per heavy atom. The first-order valence-corrected chi connectivity index (χ1v) is 19.6. The maximum absolute atomic E-state index is 6.73. The number of hydrogen-bond donors (Lipinski definition) is 0. The first kappa shape index (κ1) is 30.5. The Kier molecular flexibility index (Phi) is 6.54. The van der Waals surface area contributed by atoms with Gasteiger partial charge in [-0.2, -0.15) is 0 Å². The molecule has 12 rings (SSSR count). The topological polar surface area (TPSA) is 16.4 Å². The molecule has 0 atom stereocenters. The van der Waals surface area contributed by atoms with Gasteiger partial charge >= 0.3 is 0 Å². The van der Waals surface area contributed by atoms with Crippen LogP contribution in [-0.4, -0.2) is 0 Å². The summed E-state index contributed by atoms with van der Waals surface area (Å²) >= 11 is 1.78.